The second-order valence-electron chi connectivity index (χ2n) is 5.26. The van der Waals surface area contributed by atoms with Crippen molar-refractivity contribution < 1.29 is 17.6 Å². The van der Waals surface area contributed by atoms with Gasteiger partial charge in [-0.1, -0.05) is 11.6 Å². The normalized spacial score (nSPS) is 11.8. The van der Waals surface area contributed by atoms with Crippen LogP contribution in [0.3, 0.4) is 0 Å². The van der Waals surface area contributed by atoms with Gasteiger partial charge in [-0.05, 0) is 30.3 Å². The second-order valence-corrected chi connectivity index (χ2v) is 5.70. The van der Waals surface area contributed by atoms with Gasteiger partial charge in [-0.15, -0.1) is 0 Å². The summed E-state index contributed by atoms with van der Waals surface area (Å²) in [6.45, 7) is 0. The molecule has 2 aromatic heterocycles. The number of hydrogen-bond donors (Lipinski definition) is 0. The molecular weight excluding hydrogens is 362 g/mol. The van der Waals surface area contributed by atoms with E-state index in [0.717, 1.165) is 10.6 Å². The number of halogens is 5. The van der Waals surface area contributed by atoms with E-state index in [9.17, 15) is 22.4 Å². The molecule has 0 bridgehead atoms. The van der Waals surface area contributed by atoms with E-state index in [2.05, 4.69) is 4.98 Å². The highest BCUT2D eigenvalue weighted by molar-refractivity contribution is 6.30. The van der Waals surface area contributed by atoms with E-state index in [4.69, 9.17) is 11.6 Å². The number of hydrogen-bond acceptors (Lipinski definition) is 2. The summed E-state index contributed by atoms with van der Waals surface area (Å²) in [7, 11) is 1.45. The van der Waals surface area contributed by atoms with Gasteiger partial charge >= 0.3 is 11.9 Å². The van der Waals surface area contributed by atoms with Crippen LogP contribution >= 0.6 is 11.6 Å². The molecule has 9 heteroatoms. The Kier molecular flexibility index (Phi) is 4.16. The molecule has 2 heterocycles. The highest BCUT2D eigenvalue weighted by Gasteiger charge is 2.34. The standard InChI is InChI=1S/C16H10ClF4N3O/c1-23-8-14(13-6-9(17)4-5-22-13)24(15(23)25)10-2-3-12(18)11(7-10)16(19,20)21/h2-8H,1H3. The van der Waals surface area contributed by atoms with E-state index >= 15 is 0 Å². The van der Waals surface area contributed by atoms with Crippen LogP contribution in [0.1, 0.15) is 5.56 Å². The summed E-state index contributed by atoms with van der Waals surface area (Å²) in [6, 6.07) is 5.36. The first kappa shape index (κ1) is 17.2. The van der Waals surface area contributed by atoms with Gasteiger partial charge in [0.15, 0.2) is 0 Å². The van der Waals surface area contributed by atoms with Gasteiger partial charge in [0.25, 0.3) is 0 Å². The summed E-state index contributed by atoms with van der Waals surface area (Å²) < 4.78 is 54.6. The van der Waals surface area contributed by atoms with E-state index < -0.39 is 23.2 Å². The van der Waals surface area contributed by atoms with Crippen molar-refractivity contribution in [3.05, 3.63) is 69.6 Å². The Morgan fingerprint density at radius 1 is 1.16 bits per heavy atom. The van der Waals surface area contributed by atoms with E-state index in [1.807, 2.05) is 0 Å². The fraction of sp³-hybridized carbons (Fsp3) is 0.125. The maximum atomic E-state index is 13.5. The van der Waals surface area contributed by atoms with Crippen LogP contribution < -0.4 is 5.69 Å². The lowest BCUT2D eigenvalue weighted by atomic mass is 10.1. The molecule has 0 aliphatic rings. The molecule has 0 fully saturated rings. The van der Waals surface area contributed by atoms with Gasteiger partial charge in [0, 0.05) is 24.5 Å². The van der Waals surface area contributed by atoms with Crippen molar-refractivity contribution in [3.8, 4) is 17.1 Å². The summed E-state index contributed by atoms with van der Waals surface area (Å²) in [4.78, 5) is 16.5. The predicted molar refractivity (Wildman–Crippen MR) is 84.2 cm³/mol. The number of nitrogens with zero attached hydrogens (tertiary/aromatic N) is 3. The Balaban J connectivity index is 2.27. The van der Waals surface area contributed by atoms with Crippen molar-refractivity contribution >= 4 is 11.6 Å². The quantitative estimate of drug-likeness (QED) is 0.638. The van der Waals surface area contributed by atoms with Crippen molar-refractivity contribution in [1.82, 2.24) is 14.1 Å². The number of pyridine rings is 1. The highest BCUT2D eigenvalue weighted by Crippen LogP contribution is 2.33. The van der Waals surface area contributed by atoms with Crippen LogP contribution in [0, 0.1) is 5.82 Å². The third-order valence-corrected chi connectivity index (χ3v) is 3.78. The van der Waals surface area contributed by atoms with Gasteiger partial charge in [0.1, 0.15) is 5.82 Å². The van der Waals surface area contributed by atoms with Crippen molar-refractivity contribution in [1.29, 1.82) is 0 Å². The molecule has 3 rings (SSSR count). The largest absolute Gasteiger partial charge is 0.419 e. The Hall–Kier alpha value is -2.61. The van der Waals surface area contributed by atoms with Crippen LogP contribution in [0.15, 0.2) is 47.5 Å². The number of aryl methyl sites for hydroxylation is 1. The smallest absolute Gasteiger partial charge is 0.301 e. The van der Waals surface area contributed by atoms with E-state index in [1.54, 1.807) is 0 Å². The minimum Gasteiger partial charge on any atom is -0.301 e. The molecule has 0 saturated heterocycles. The molecule has 130 valence electrons. The highest BCUT2D eigenvalue weighted by atomic mass is 35.5. The zero-order valence-corrected chi connectivity index (χ0v) is 13.4. The van der Waals surface area contributed by atoms with Crippen LogP contribution in [0.2, 0.25) is 5.02 Å². The van der Waals surface area contributed by atoms with E-state index in [0.29, 0.717) is 22.8 Å². The summed E-state index contributed by atoms with van der Waals surface area (Å²) in [6.07, 6.45) is -2.06. The maximum Gasteiger partial charge on any atom is 0.419 e. The topological polar surface area (TPSA) is 39.8 Å². The molecule has 0 radical (unpaired) electrons. The Labute approximate surface area is 143 Å². The molecule has 0 aliphatic heterocycles. The summed E-state index contributed by atoms with van der Waals surface area (Å²) in [5.41, 5.74) is -1.66. The van der Waals surface area contributed by atoms with Gasteiger partial charge in [0.2, 0.25) is 0 Å². The zero-order valence-electron chi connectivity index (χ0n) is 12.7. The number of aromatic nitrogens is 3. The van der Waals surface area contributed by atoms with Crippen molar-refractivity contribution in [2.75, 3.05) is 0 Å². The first-order chi connectivity index (χ1) is 11.7. The molecule has 0 spiro atoms. The molecular formula is C16H10ClF4N3O. The minimum absolute atomic E-state index is 0.129. The zero-order chi connectivity index (χ0) is 18.4. The molecule has 25 heavy (non-hydrogen) atoms. The van der Waals surface area contributed by atoms with Crippen LogP contribution in [0.4, 0.5) is 17.6 Å². The third kappa shape index (κ3) is 3.17. The van der Waals surface area contributed by atoms with Gasteiger partial charge in [0.05, 0.1) is 22.6 Å². The Morgan fingerprint density at radius 2 is 1.88 bits per heavy atom. The van der Waals surface area contributed by atoms with E-state index in [1.165, 1.54) is 36.1 Å². The van der Waals surface area contributed by atoms with Crippen LogP contribution in [-0.4, -0.2) is 14.1 Å². The lowest BCUT2D eigenvalue weighted by Crippen LogP contribution is -2.22. The summed E-state index contributed by atoms with van der Waals surface area (Å²) >= 11 is 5.91. The Bertz CT molecular complexity index is 1010. The first-order valence-electron chi connectivity index (χ1n) is 6.96. The third-order valence-electron chi connectivity index (χ3n) is 3.55. The van der Waals surface area contributed by atoms with Crippen molar-refractivity contribution in [3.63, 3.8) is 0 Å². The average molecular weight is 372 g/mol. The molecule has 4 nitrogen and oxygen atoms in total. The molecule has 0 N–H and O–H groups in total. The lowest BCUT2D eigenvalue weighted by molar-refractivity contribution is -0.140. The monoisotopic (exact) mass is 371 g/mol. The number of imidazole rings is 1. The number of alkyl halides is 3. The van der Waals surface area contributed by atoms with Gasteiger partial charge in [-0.2, -0.15) is 13.2 Å². The second kappa shape index (κ2) is 6.03. The molecule has 0 atom stereocenters. The van der Waals surface area contributed by atoms with Crippen molar-refractivity contribution in [2.24, 2.45) is 7.05 Å². The molecule has 0 amide bonds. The predicted octanol–water partition coefficient (Wildman–Crippen LogP) is 4.05. The molecule has 1 aromatic carbocycles. The average Bonchev–Trinajstić information content (AvgIpc) is 2.83. The van der Waals surface area contributed by atoms with Gasteiger partial charge in [-0.3, -0.25) is 9.55 Å². The number of rotatable bonds is 2. The first-order valence-corrected chi connectivity index (χ1v) is 7.33. The molecule has 3 aromatic rings. The van der Waals surface area contributed by atoms with Crippen LogP contribution in [-0.2, 0) is 13.2 Å². The lowest BCUT2D eigenvalue weighted by Gasteiger charge is -2.12. The minimum atomic E-state index is -4.88. The maximum absolute atomic E-state index is 13.5. The molecule has 0 saturated carbocycles. The number of benzene rings is 1. The van der Waals surface area contributed by atoms with Crippen LogP contribution in [0.5, 0.6) is 0 Å². The van der Waals surface area contributed by atoms with Gasteiger partial charge in [-0.25, -0.2) is 9.18 Å². The fourth-order valence-electron chi connectivity index (χ4n) is 2.40. The Morgan fingerprint density at radius 3 is 2.52 bits per heavy atom. The summed E-state index contributed by atoms with van der Waals surface area (Å²) in [5.74, 6) is -1.41. The molecule has 0 aliphatic carbocycles. The summed E-state index contributed by atoms with van der Waals surface area (Å²) in [5, 5.41) is 0.350. The van der Waals surface area contributed by atoms with Crippen LogP contribution in [0.25, 0.3) is 17.1 Å². The van der Waals surface area contributed by atoms with E-state index in [-0.39, 0.29) is 11.4 Å². The fourth-order valence-corrected chi connectivity index (χ4v) is 2.56. The van der Waals surface area contributed by atoms with Crippen molar-refractivity contribution in [2.45, 2.75) is 6.18 Å². The molecule has 0 unspecified atom stereocenters. The van der Waals surface area contributed by atoms with Gasteiger partial charge < -0.3 is 4.57 Å². The SMILES string of the molecule is Cn1cc(-c2cc(Cl)ccn2)n(-c2ccc(F)c(C(F)(F)F)c2)c1=O.